The first kappa shape index (κ1) is 15.8. The molecule has 0 spiro atoms. The monoisotopic (exact) mass is 339 g/mol. The molecule has 120 valence electrons. The minimum atomic E-state index is -0.387. The van der Waals surface area contributed by atoms with Gasteiger partial charge in [-0.05, 0) is 36.4 Å². The molecule has 3 N–H and O–H groups in total. The molecule has 1 aromatic heterocycles. The van der Waals surface area contributed by atoms with Gasteiger partial charge in [0.15, 0.2) is 0 Å². The summed E-state index contributed by atoms with van der Waals surface area (Å²) in [5.41, 5.74) is 9.71. The Kier molecular flexibility index (Phi) is 4.63. The lowest BCUT2D eigenvalue weighted by molar-refractivity contribution is 0.0956. The van der Waals surface area contributed by atoms with Crippen molar-refractivity contribution in [3.63, 3.8) is 0 Å². The normalized spacial score (nSPS) is 10.9. The van der Waals surface area contributed by atoms with Crippen LogP contribution in [0.3, 0.4) is 0 Å². The fourth-order valence-corrected chi connectivity index (χ4v) is 2.38. The van der Waals surface area contributed by atoms with E-state index in [0.29, 0.717) is 27.8 Å². The summed E-state index contributed by atoms with van der Waals surface area (Å²) in [7, 11) is 0. The molecule has 24 heavy (non-hydrogen) atoms. The Morgan fingerprint density at radius 2 is 1.83 bits per heavy atom. The third kappa shape index (κ3) is 3.47. The first-order valence-corrected chi connectivity index (χ1v) is 7.55. The van der Waals surface area contributed by atoms with E-state index in [0.717, 1.165) is 5.56 Å². The van der Waals surface area contributed by atoms with Crippen molar-refractivity contribution < 1.29 is 9.21 Å². The van der Waals surface area contributed by atoms with Crippen molar-refractivity contribution in [2.45, 2.75) is 0 Å². The van der Waals surface area contributed by atoms with Crippen molar-refractivity contribution in [1.82, 2.24) is 5.43 Å². The highest BCUT2D eigenvalue weighted by Crippen LogP contribution is 2.28. The first-order valence-electron chi connectivity index (χ1n) is 7.18. The average molecular weight is 340 g/mol. The van der Waals surface area contributed by atoms with Crippen LogP contribution in [0.2, 0.25) is 5.02 Å². The highest BCUT2D eigenvalue weighted by atomic mass is 35.5. The van der Waals surface area contributed by atoms with Gasteiger partial charge in [0.2, 0.25) is 0 Å². The zero-order valence-corrected chi connectivity index (χ0v) is 13.3. The van der Waals surface area contributed by atoms with Gasteiger partial charge < -0.3 is 10.2 Å². The Hall–Kier alpha value is -3.05. The number of nitrogens with one attached hydrogen (secondary N) is 1. The standard InChI is InChI=1S/C18H14ClN3O2/c19-15-7-3-1-5-13(15)17-10-9-12(24-17)11-21-22-18(23)14-6-2-4-8-16(14)20/h1-11H,20H2,(H,22,23). The van der Waals surface area contributed by atoms with Crippen molar-refractivity contribution in [1.29, 1.82) is 0 Å². The van der Waals surface area contributed by atoms with Crippen molar-refractivity contribution in [3.8, 4) is 11.3 Å². The molecule has 3 rings (SSSR count). The number of hydrogen-bond acceptors (Lipinski definition) is 4. The first-order chi connectivity index (χ1) is 11.6. The largest absolute Gasteiger partial charge is 0.455 e. The molecule has 0 aliphatic rings. The molecule has 1 heterocycles. The second-order valence-corrected chi connectivity index (χ2v) is 5.38. The van der Waals surface area contributed by atoms with Gasteiger partial charge in [-0.25, -0.2) is 5.43 Å². The van der Waals surface area contributed by atoms with Gasteiger partial charge in [0, 0.05) is 11.3 Å². The molecule has 0 saturated heterocycles. The van der Waals surface area contributed by atoms with Crippen LogP contribution in [-0.4, -0.2) is 12.1 Å². The Morgan fingerprint density at radius 3 is 2.62 bits per heavy atom. The molecule has 0 saturated carbocycles. The van der Waals surface area contributed by atoms with Gasteiger partial charge in [0.1, 0.15) is 11.5 Å². The van der Waals surface area contributed by atoms with E-state index < -0.39 is 0 Å². The van der Waals surface area contributed by atoms with Crippen LogP contribution < -0.4 is 11.2 Å². The third-order valence-corrected chi connectivity index (χ3v) is 3.66. The molecule has 0 aliphatic carbocycles. The van der Waals surface area contributed by atoms with Crippen molar-refractivity contribution in [3.05, 3.63) is 77.0 Å². The predicted molar refractivity (Wildman–Crippen MR) is 95.1 cm³/mol. The Balaban J connectivity index is 1.69. The van der Waals surface area contributed by atoms with E-state index in [1.807, 2.05) is 18.2 Å². The summed E-state index contributed by atoms with van der Waals surface area (Å²) < 4.78 is 5.65. The number of nitrogens with two attached hydrogens (primary N) is 1. The fourth-order valence-electron chi connectivity index (χ4n) is 2.15. The molecule has 5 nitrogen and oxygen atoms in total. The van der Waals surface area contributed by atoms with E-state index in [-0.39, 0.29) is 5.91 Å². The number of benzene rings is 2. The number of para-hydroxylation sites is 1. The highest BCUT2D eigenvalue weighted by molar-refractivity contribution is 6.33. The van der Waals surface area contributed by atoms with Crippen LogP contribution in [0, 0.1) is 0 Å². The maximum Gasteiger partial charge on any atom is 0.273 e. The quantitative estimate of drug-likeness (QED) is 0.429. The summed E-state index contributed by atoms with van der Waals surface area (Å²) in [4.78, 5) is 12.0. The maximum absolute atomic E-state index is 12.0. The van der Waals surface area contributed by atoms with Crippen molar-refractivity contribution in [2.24, 2.45) is 5.10 Å². The molecule has 0 fully saturated rings. The number of nitrogen functional groups attached to an aromatic ring is 1. The SMILES string of the molecule is Nc1ccccc1C(=O)NN=Cc1ccc(-c2ccccc2Cl)o1. The van der Waals surface area contributed by atoms with Crippen LogP contribution in [0.5, 0.6) is 0 Å². The zero-order chi connectivity index (χ0) is 16.9. The predicted octanol–water partition coefficient (Wildman–Crippen LogP) is 3.95. The molecule has 6 heteroatoms. The molecule has 3 aromatic rings. The summed E-state index contributed by atoms with van der Waals surface area (Å²) in [5, 5.41) is 4.48. The second-order valence-electron chi connectivity index (χ2n) is 4.97. The zero-order valence-electron chi connectivity index (χ0n) is 12.6. The van der Waals surface area contributed by atoms with E-state index in [4.69, 9.17) is 21.8 Å². The molecule has 0 atom stereocenters. The van der Waals surface area contributed by atoms with Gasteiger partial charge in [-0.15, -0.1) is 0 Å². The van der Waals surface area contributed by atoms with Crippen LogP contribution in [0.15, 0.2) is 70.2 Å². The summed E-state index contributed by atoms with van der Waals surface area (Å²) in [5.74, 6) is 0.731. The number of hydrogen-bond donors (Lipinski definition) is 2. The van der Waals surface area contributed by atoms with Gasteiger partial charge in [-0.2, -0.15) is 5.10 Å². The van der Waals surface area contributed by atoms with E-state index >= 15 is 0 Å². The Labute approximate surface area is 143 Å². The second kappa shape index (κ2) is 7.02. The summed E-state index contributed by atoms with van der Waals surface area (Å²) in [6.45, 7) is 0. The van der Waals surface area contributed by atoms with Gasteiger partial charge in [0.25, 0.3) is 5.91 Å². The van der Waals surface area contributed by atoms with Gasteiger partial charge in [0.05, 0.1) is 16.8 Å². The summed E-state index contributed by atoms with van der Waals surface area (Å²) >= 11 is 6.13. The van der Waals surface area contributed by atoms with Gasteiger partial charge in [-0.3, -0.25) is 4.79 Å². The topological polar surface area (TPSA) is 80.6 Å². The molecule has 0 radical (unpaired) electrons. The number of anilines is 1. The maximum atomic E-state index is 12.0. The fraction of sp³-hybridized carbons (Fsp3) is 0. The average Bonchev–Trinajstić information content (AvgIpc) is 3.04. The molecular formula is C18H14ClN3O2. The third-order valence-electron chi connectivity index (χ3n) is 3.33. The minimum Gasteiger partial charge on any atom is -0.455 e. The summed E-state index contributed by atoms with van der Waals surface area (Å²) in [6, 6.07) is 17.7. The Morgan fingerprint density at radius 1 is 1.08 bits per heavy atom. The van der Waals surface area contributed by atoms with Gasteiger partial charge >= 0.3 is 0 Å². The lowest BCUT2D eigenvalue weighted by atomic mass is 10.2. The number of furan rings is 1. The summed E-state index contributed by atoms with van der Waals surface area (Å²) in [6.07, 6.45) is 1.41. The molecule has 0 unspecified atom stereocenters. The van der Waals surface area contributed by atoms with Gasteiger partial charge in [-0.1, -0.05) is 35.9 Å². The van der Waals surface area contributed by atoms with E-state index in [9.17, 15) is 4.79 Å². The van der Waals surface area contributed by atoms with Crippen LogP contribution in [0.4, 0.5) is 5.69 Å². The number of carbonyl (C=O) groups excluding carboxylic acids is 1. The lowest BCUT2D eigenvalue weighted by Crippen LogP contribution is -2.18. The van der Waals surface area contributed by atoms with Crippen LogP contribution in [-0.2, 0) is 0 Å². The van der Waals surface area contributed by atoms with E-state index in [2.05, 4.69) is 10.5 Å². The number of hydrazone groups is 1. The highest BCUT2D eigenvalue weighted by Gasteiger charge is 2.08. The van der Waals surface area contributed by atoms with Crippen LogP contribution in [0.25, 0.3) is 11.3 Å². The molecule has 0 aliphatic heterocycles. The van der Waals surface area contributed by atoms with E-state index in [1.165, 1.54) is 6.21 Å². The number of nitrogens with zero attached hydrogens (tertiary/aromatic N) is 1. The van der Waals surface area contributed by atoms with Crippen molar-refractivity contribution >= 4 is 29.4 Å². The molecule has 2 aromatic carbocycles. The number of rotatable bonds is 4. The minimum absolute atomic E-state index is 0.367. The molecule has 0 bridgehead atoms. The van der Waals surface area contributed by atoms with Crippen LogP contribution in [0.1, 0.15) is 16.1 Å². The number of carbonyl (C=O) groups is 1. The number of halogens is 1. The van der Waals surface area contributed by atoms with Crippen molar-refractivity contribution in [2.75, 3.05) is 5.73 Å². The lowest BCUT2D eigenvalue weighted by Gasteiger charge is -2.02. The Bertz CT molecular complexity index is 903. The van der Waals surface area contributed by atoms with Crippen LogP contribution >= 0.6 is 11.6 Å². The molecule has 1 amide bonds. The van der Waals surface area contributed by atoms with E-state index in [1.54, 1.807) is 42.5 Å². The smallest absolute Gasteiger partial charge is 0.273 e. The number of amides is 1. The molecular weight excluding hydrogens is 326 g/mol.